The molecular weight excluding hydrogens is 198 g/mol. The van der Waals surface area contributed by atoms with Crippen LogP contribution in [0.5, 0.6) is 0 Å². The molecule has 1 atom stereocenters. The maximum atomic E-state index is 8.92. The molecule has 0 aliphatic heterocycles. The molecule has 0 fully saturated rings. The topological polar surface area (TPSA) is 32.3 Å². The summed E-state index contributed by atoms with van der Waals surface area (Å²) in [5.41, 5.74) is 4.07. The first kappa shape index (κ1) is 13.2. The fourth-order valence-corrected chi connectivity index (χ4v) is 1.86. The van der Waals surface area contributed by atoms with Crippen molar-refractivity contribution >= 4 is 0 Å². The SMILES string of the molecule is CCC(CCO)NCc1cccc(C)c1C. The first-order valence-corrected chi connectivity index (χ1v) is 6.08. The fraction of sp³-hybridized carbons (Fsp3) is 0.571. The summed E-state index contributed by atoms with van der Waals surface area (Å²) in [6.07, 6.45) is 1.90. The smallest absolute Gasteiger partial charge is 0.0445 e. The molecular formula is C14H23NO. The van der Waals surface area contributed by atoms with Gasteiger partial charge in [-0.1, -0.05) is 25.1 Å². The quantitative estimate of drug-likeness (QED) is 0.773. The highest BCUT2D eigenvalue weighted by Crippen LogP contribution is 2.12. The van der Waals surface area contributed by atoms with Crippen molar-refractivity contribution in [2.24, 2.45) is 0 Å². The zero-order valence-corrected chi connectivity index (χ0v) is 10.6. The number of hydrogen-bond donors (Lipinski definition) is 2. The highest BCUT2D eigenvalue weighted by Gasteiger charge is 2.06. The van der Waals surface area contributed by atoms with Crippen molar-refractivity contribution in [2.45, 2.75) is 46.2 Å². The number of nitrogens with one attached hydrogen (secondary N) is 1. The Labute approximate surface area is 98.7 Å². The van der Waals surface area contributed by atoms with Crippen LogP contribution in [0.2, 0.25) is 0 Å². The summed E-state index contributed by atoms with van der Waals surface area (Å²) < 4.78 is 0. The first-order valence-electron chi connectivity index (χ1n) is 6.08. The van der Waals surface area contributed by atoms with E-state index < -0.39 is 0 Å². The Hall–Kier alpha value is -0.860. The number of aryl methyl sites for hydroxylation is 1. The second-order valence-corrected chi connectivity index (χ2v) is 4.36. The zero-order chi connectivity index (χ0) is 12.0. The van der Waals surface area contributed by atoms with Crippen LogP contribution in [0.1, 0.15) is 36.5 Å². The van der Waals surface area contributed by atoms with Crippen LogP contribution < -0.4 is 5.32 Å². The Balaban J connectivity index is 2.56. The van der Waals surface area contributed by atoms with E-state index in [-0.39, 0.29) is 6.61 Å². The van der Waals surface area contributed by atoms with Crippen LogP contribution in [0.15, 0.2) is 18.2 Å². The molecule has 0 saturated heterocycles. The third kappa shape index (κ3) is 3.62. The molecule has 1 aromatic rings. The van der Waals surface area contributed by atoms with Gasteiger partial charge in [0.1, 0.15) is 0 Å². The van der Waals surface area contributed by atoms with Crippen LogP contribution in [-0.2, 0) is 6.54 Å². The maximum absolute atomic E-state index is 8.92. The normalized spacial score (nSPS) is 12.8. The van der Waals surface area contributed by atoms with Gasteiger partial charge in [0.05, 0.1) is 0 Å². The van der Waals surface area contributed by atoms with Crippen LogP contribution in [-0.4, -0.2) is 17.8 Å². The average Bonchev–Trinajstić information content (AvgIpc) is 2.29. The van der Waals surface area contributed by atoms with Gasteiger partial charge in [0.15, 0.2) is 0 Å². The Morgan fingerprint density at radius 1 is 1.31 bits per heavy atom. The van der Waals surface area contributed by atoms with E-state index >= 15 is 0 Å². The van der Waals surface area contributed by atoms with E-state index in [9.17, 15) is 0 Å². The summed E-state index contributed by atoms with van der Waals surface area (Å²) in [6.45, 7) is 7.62. The molecule has 0 radical (unpaired) electrons. The van der Waals surface area contributed by atoms with Gasteiger partial charge in [0, 0.05) is 19.2 Å². The van der Waals surface area contributed by atoms with E-state index in [1.54, 1.807) is 0 Å². The predicted molar refractivity (Wildman–Crippen MR) is 68.5 cm³/mol. The van der Waals surface area contributed by atoms with E-state index in [1.165, 1.54) is 16.7 Å². The first-order chi connectivity index (χ1) is 7.69. The van der Waals surface area contributed by atoms with Gasteiger partial charge in [-0.15, -0.1) is 0 Å². The number of hydrogen-bond acceptors (Lipinski definition) is 2. The van der Waals surface area contributed by atoms with Crippen LogP contribution >= 0.6 is 0 Å². The van der Waals surface area contributed by atoms with Crippen molar-refractivity contribution < 1.29 is 5.11 Å². The molecule has 0 spiro atoms. The molecule has 0 heterocycles. The monoisotopic (exact) mass is 221 g/mol. The zero-order valence-electron chi connectivity index (χ0n) is 10.6. The van der Waals surface area contributed by atoms with Crippen LogP contribution in [0.25, 0.3) is 0 Å². The number of benzene rings is 1. The predicted octanol–water partition coefficient (Wildman–Crippen LogP) is 2.55. The van der Waals surface area contributed by atoms with Gasteiger partial charge in [-0.05, 0) is 43.4 Å². The minimum Gasteiger partial charge on any atom is -0.396 e. The Morgan fingerprint density at radius 3 is 2.69 bits per heavy atom. The Morgan fingerprint density at radius 2 is 2.06 bits per heavy atom. The molecule has 2 heteroatoms. The highest BCUT2D eigenvalue weighted by molar-refractivity contribution is 5.32. The Kier molecular flexibility index (Phi) is 5.50. The van der Waals surface area contributed by atoms with E-state index in [0.717, 1.165) is 19.4 Å². The largest absolute Gasteiger partial charge is 0.396 e. The molecule has 0 bridgehead atoms. The maximum Gasteiger partial charge on any atom is 0.0445 e. The van der Waals surface area contributed by atoms with Crippen molar-refractivity contribution in [2.75, 3.05) is 6.61 Å². The molecule has 0 aliphatic carbocycles. The molecule has 1 rings (SSSR count). The summed E-state index contributed by atoms with van der Waals surface area (Å²) in [6, 6.07) is 6.84. The minimum atomic E-state index is 0.262. The van der Waals surface area contributed by atoms with Crippen LogP contribution in [0, 0.1) is 13.8 Å². The molecule has 2 nitrogen and oxygen atoms in total. The lowest BCUT2D eigenvalue weighted by Gasteiger charge is -2.17. The summed E-state index contributed by atoms with van der Waals surface area (Å²) in [5, 5.41) is 12.4. The second kappa shape index (κ2) is 6.66. The molecule has 0 aromatic heterocycles. The van der Waals surface area contributed by atoms with E-state index in [4.69, 9.17) is 5.11 Å². The van der Waals surface area contributed by atoms with Crippen molar-refractivity contribution in [1.29, 1.82) is 0 Å². The van der Waals surface area contributed by atoms with Crippen molar-refractivity contribution in [3.05, 3.63) is 34.9 Å². The summed E-state index contributed by atoms with van der Waals surface area (Å²) in [4.78, 5) is 0. The van der Waals surface area contributed by atoms with Gasteiger partial charge >= 0.3 is 0 Å². The van der Waals surface area contributed by atoms with Crippen molar-refractivity contribution in [3.63, 3.8) is 0 Å². The molecule has 1 unspecified atom stereocenters. The third-order valence-corrected chi connectivity index (χ3v) is 3.27. The fourth-order valence-electron chi connectivity index (χ4n) is 1.86. The second-order valence-electron chi connectivity index (χ2n) is 4.36. The van der Waals surface area contributed by atoms with Gasteiger partial charge in [-0.2, -0.15) is 0 Å². The molecule has 0 aliphatic rings. The molecule has 16 heavy (non-hydrogen) atoms. The van der Waals surface area contributed by atoms with Gasteiger partial charge in [-0.3, -0.25) is 0 Å². The number of aliphatic hydroxyl groups is 1. The van der Waals surface area contributed by atoms with Crippen molar-refractivity contribution in [1.82, 2.24) is 5.32 Å². The highest BCUT2D eigenvalue weighted by atomic mass is 16.3. The van der Waals surface area contributed by atoms with Crippen molar-refractivity contribution in [3.8, 4) is 0 Å². The summed E-state index contributed by atoms with van der Waals surface area (Å²) >= 11 is 0. The molecule has 2 N–H and O–H groups in total. The van der Waals surface area contributed by atoms with E-state index in [2.05, 4.69) is 44.3 Å². The van der Waals surface area contributed by atoms with Crippen LogP contribution in [0.3, 0.4) is 0 Å². The van der Waals surface area contributed by atoms with Gasteiger partial charge in [0.25, 0.3) is 0 Å². The lowest BCUT2D eigenvalue weighted by atomic mass is 10.0. The van der Waals surface area contributed by atoms with Gasteiger partial charge < -0.3 is 10.4 Å². The molecule has 90 valence electrons. The standard InChI is InChI=1S/C14H23NO/c1-4-14(8-9-16)15-10-13-7-5-6-11(2)12(13)3/h5-7,14-16H,4,8-10H2,1-3H3. The molecule has 0 amide bonds. The summed E-state index contributed by atoms with van der Waals surface area (Å²) in [5.74, 6) is 0. The lowest BCUT2D eigenvalue weighted by Crippen LogP contribution is -2.29. The molecule has 1 aromatic carbocycles. The Bertz CT molecular complexity index is 323. The molecule has 0 saturated carbocycles. The van der Waals surface area contributed by atoms with Crippen LogP contribution in [0.4, 0.5) is 0 Å². The lowest BCUT2D eigenvalue weighted by molar-refractivity contribution is 0.262. The number of aliphatic hydroxyl groups excluding tert-OH is 1. The summed E-state index contributed by atoms with van der Waals surface area (Å²) in [7, 11) is 0. The number of rotatable bonds is 6. The average molecular weight is 221 g/mol. The van der Waals surface area contributed by atoms with Gasteiger partial charge in [0.2, 0.25) is 0 Å². The van der Waals surface area contributed by atoms with E-state index in [0.29, 0.717) is 6.04 Å². The third-order valence-electron chi connectivity index (χ3n) is 3.27. The minimum absolute atomic E-state index is 0.262. The van der Waals surface area contributed by atoms with E-state index in [1.807, 2.05) is 0 Å². The van der Waals surface area contributed by atoms with Gasteiger partial charge in [-0.25, -0.2) is 0 Å².